The van der Waals surface area contributed by atoms with E-state index in [0.717, 1.165) is 30.4 Å². The Labute approximate surface area is 260 Å². The summed E-state index contributed by atoms with van der Waals surface area (Å²) >= 11 is 0. The van der Waals surface area contributed by atoms with Crippen molar-refractivity contribution in [3.63, 3.8) is 0 Å². The first kappa shape index (κ1) is 34.5. The fraction of sp³-hybridized carbons (Fsp3) is 0.625. The summed E-state index contributed by atoms with van der Waals surface area (Å²) in [5, 5.41) is 8.69. The lowest BCUT2D eigenvalue weighted by Crippen LogP contribution is -2.35. The zero-order valence-electron chi connectivity index (χ0n) is 27.4. The number of carbonyl (C=O) groups is 4. The molecule has 2 aliphatic rings. The Hall–Kier alpha value is -3.96. The number of rotatable bonds is 7. The number of hydrogen-bond donors (Lipinski definition) is 0. The molecule has 12 nitrogen and oxygen atoms in total. The van der Waals surface area contributed by atoms with Crippen LogP contribution < -0.4 is 0 Å². The molecule has 2 aromatic heterocycles. The van der Waals surface area contributed by atoms with Crippen molar-refractivity contribution in [3.8, 4) is 0 Å². The Morgan fingerprint density at radius 2 is 1.32 bits per heavy atom. The average Bonchev–Trinajstić information content (AvgIpc) is 3.70. The zero-order valence-corrected chi connectivity index (χ0v) is 27.4. The van der Waals surface area contributed by atoms with Gasteiger partial charge in [0.1, 0.15) is 17.0 Å². The topological polar surface area (TPSA) is 129 Å². The van der Waals surface area contributed by atoms with E-state index in [-0.39, 0.29) is 35.8 Å². The number of ether oxygens (including phenoxy) is 2. The van der Waals surface area contributed by atoms with Crippen LogP contribution in [0.5, 0.6) is 0 Å². The molecule has 0 unspecified atom stereocenters. The summed E-state index contributed by atoms with van der Waals surface area (Å²) in [6.07, 6.45) is 13.1. The van der Waals surface area contributed by atoms with Crippen LogP contribution >= 0.6 is 0 Å². The van der Waals surface area contributed by atoms with Gasteiger partial charge in [0.2, 0.25) is 0 Å². The third-order valence-electron chi connectivity index (χ3n) is 6.93. The van der Waals surface area contributed by atoms with Gasteiger partial charge in [-0.3, -0.25) is 14.2 Å². The maximum Gasteiger partial charge on any atom is 0.410 e. The molecule has 0 bridgehead atoms. The van der Waals surface area contributed by atoms with Crippen LogP contribution in [0.2, 0.25) is 0 Å². The van der Waals surface area contributed by atoms with Gasteiger partial charge in [0.05, 0.1) is 24.5 Å². The van der Waals surface area contributed by atoms with E-state index in [0.29, 0.717) is 32.6 Å². The highest BCUT2D eigenvalue weighted by atomic mass is 16.6. The summed E-state index contributed by atoms with van der Waals surface area (Å²) in [6, 6.07) is 0.325. The number of aromatic nitrogens is 4. The Morgan fingerprint density at radius 1 is 0.818 bits per heavy atom. The standard InChI is InChI=1S/C16H25N3O3.C16H23N3O3/c2*1-12(20)5-6-13-9-17-19(10-13)14-7-8-18(11-14)15(21)22-16(2,3)4/h9-10,14H,5-8,11H2,1-4H3;5-6,9-10,14H,7-8,11H2,1-4H3/t2*14-/m11/s1. The highest BCUT2D eigenvalue weighted by Gasteiger charge is 2.32. The molecule has 242 valence electrons. The second-order valence-corrected chi connectivity index (χ2v) is 13.5. The Kier molecular flexibility index (Phi) is 11.5. The monoisotopic (exact) mass is 612 g/mol. The molecule has 2 atom stereocenters. The van der Waals surface area contributed by atoms with E-state index < -0.39 is 11.2 Å². The predicted molar refractivity (Wildman–Crippen MR) is 166 cm³/mol. The minimum atomic E-state index is -0.481. The number of Topliss-reactive ketones (excluding diaryl/α,β-unsaturated/α-hetero) is 1. The SMILES string of the molecule is CC(=O)C=Cc1cnn([C@@H]2CCN(C(=O)OC(C)(C)C)C2)c1.CC(=O)CCc1cnn([C@@H]2CCN(C(=O)OC(C)(C)C)C2)c1. The second kappa shape index (κ2) is 14.7. The summed E-state index contributed by atoms with van der Waals surface area (Å²) in [4.78, 5) is 49.5. The number of nitrogens with zero attached hydrogens (tertiary/aromatic N) is 6. The first-order valence-corrected chi connectivity index (χ1v) is 15.2. The van der Waals surface area contributed by atoms with Crippen molar-refractivity contribution in [2.24, 2.45) is 0 Å². The van der Waals surface area contributed by atoms with Crippen molar-refractivity contribution in [2.75, 3.05) is 26.2 Å². The minimum Gasteiger partial charge on any atom is -0.444 e. The summed E-state index contributed by atoms with van der Waals surface area (Å²) in [6.45, 7) is 16.8. The summed E-state index contributed by atoms with van der Waals surface area (Å²) in [5.41, 5.74) is 0.989. The predicted octanol–water partition coefficient (Wildman–Crippen LogP) is 5.25. The molecule has 44 heavy (non-hydrogen) atoms. The van der Waals surface area contributed by atoms with Gasteiger partial charge in [-0.05, 0) is 92.4 Å². The fourth-order valence-electron chi connectivity index (χ4n) is 4.78. The van der Waals surface area contributed by atoms with Gasteiger partial charge in [0.25, 0.3) is 0 Å². The molecular weight excluding hydrogens is 564 g/mol. The number of allylic oxidation sites excluding steroid dienone is 1. The highest BCUT2D eigenvalue weighted by Crippen LogP contribution is 2.25. The fourth-order valence-corrected chi connectivity index (χ4v) is 4.78. The van der Waals surface area contributed by atoms with Crippen LogP contribution in [-0.2, 0) is 25.5 Å². The highest BCUT2D eigenvalue weighted by molar-refractivity contribution is 5.91. The number of likely N-dealkylation sites (tertiary alicyclic amines) is 2. The van der Waals surface area contributed by atoms with Crippen molar-refractivity contribution in [1.82, 2.24) is 29.4 Å². The van der Waals surface area contributed by atoms with Gasteiger partial charge in [0, 0.05) is 50.6 Å². The van der Waals surface area contributed by atoms with Gasteiger partial charge in [-0.25, -0.2) is 9.59 Å². The first-order chi connectivity index (χ1) is 20.5. The summed E-state index contributed by atoms with van der Waals surface area (Å²) < 4.78 is 14.5. The first-order valence-electron chi connectivity index (χ1n) is 15.2. The van der Waals surface area contributed by atoms with Crippen molar-refractivity contribution < 1.29 is 28.7 Å². The average molecular weight is 613 g/mol. The van der Waals surface area contributed by atoms with Crippen LogP contribution in [0.15, 0.2) is 30.9 Å². The number of hydrogen-bond acceptors (Lipinski definition) is 8. The molecule has 12 heteroatoms. The van der Waals surface area contributed by atoms with Crippen LogP contribution in [0.25, 0.3) is 6.08 Å². The van der Waals surface area contributed by atoms with Crippen molar-refractivity contribution >= 4 is 29.8 Å². The number of carbonyl (C=O) groups excluding carboxylic acids is 4. The van der Waals surface area contributed by atoms with Crippen LogP contribution in [0.1, 0.15) is 97.9 Å². The summed E-state index contributed by atoms with van der Waals surface area (Å²) in [7, 11) is 0. The van der Waals surface area contributed by atoms with Gasteiger partial charge in [-0.2, -0.15) is 10.2 Å². The van der Waals surface area contributed by atoms with E-state index in [1.807, 2.05) is 63.3 Å². The molecule has 0 N–H and O–H groups in total. The number of aryl methyl sites for hydroxylation is 1. The van der Waals surface area contributed by atoms with Crippen LogP contribution in [0.4, 0.5) is 9.59 Å². The number of ketones is 2. The van der Waals surface area contributed by atoms with Gasteiger partial charge < -0.3 is 24.1 Å². The maximum atomic E-state index is 12.1. The van der Waals surface area contributed by atoms with E-state index in [2.05, 4.69) is 10.2 Å². The molecule has 2 amide bonds. The van der Waals surface area contributed by atoms with Gasteiger partial charge in [0.15, 0.2) is 5.78 Å². The smallest absolute Gasteiger partial charge is 0.410 e. The van der Waals surface area contributed by atoms with Gasteiger partial charge in [-0.15, -0.1) is 0 Å². The lowest BCUT2D eigenvalue weighted by Gasteiger charge is -2.24. The van der Waals surface area contributed by atoms with Crippen molar-refractivity contribution in [2.45, 2.75) is 104 Å². The largest absolute Gasteiger partial charge is 0.444 e. The molecule has 0 radical (unpaired) electrons. The maximum absolute atomic E-state index is 12.1. The van der Waals surface area contributed by atoms with E-state index >= 15 is 0 Å². The van der Waals surface area contributed by atoms with E-state index in [4.69, 9.17) is 9.47 Å². The molecular formula is C32H48N6O6. The van der Waals surface area contributed by atoms with Gasteiger partial charge in [-0.1, -0.05) is 0 Å². The van der Waals surface area contributed by atoms with Crippen LogP contribution in [0.3, 0.4) is 0 Å². The molecule has 2 fully saturated rings. The van der Waals surface area contributed by atoms with Crippen LogP contribution in [-0.4, -0.2) is 90.5 Å². The van der Waals surface area contributed by atoms with Gasteiger partial charge >= 0.3 is 12.2 Å². The molecule has 4 heterocycles. The van der Waals surface area contributed by atoms with Crippen molar-refractivity contribution in [3.05, 3.63) is 42.0 Å². The molecule has 2 aromatic rings. The molecule has 4 rings (SSSR count). The third-order valence-corrected chi connectivity index (χ3v) is 6.93. The lowest BCUT2D eigenvalue weighted by molar-refractivity contribution is -0.117. The Morgan fingerprint density at radius 3 is 1.80 bits per heavy atom. The molecule has 0 spiro atoms. The normalized spacial score (nSPS) is 18.7. The van der Waals surface area contributed by atoms with Crippen molar-refractivity contribution in [1.29, 1.82) is 0 Å². The van der Waals surface area contributed by atoms with Crippen LogP contribution in [0, 0.1) is 0 Å². The van der Waals surface area contributed by atoms with E-state index in [1.54, 1.807) is 35.2 Å². The third kappa shape index (κ3) is 11.3. The quantitative estimate of drug-likeness (QED) is 0.388. The molecule has 2 saturated heterocycles. The summed E-state index contributed by atoms with van der Waals surface area (Å²) in [5.74, 6) is 0.189. The molecule has 0 aliphatic carbocycles. The Balaban J connectivity index is 0.000000240. The van der Waals surface area contributed by atoms with E-state index in [9.17, 15) is 19.2 Å². The zero-order chi connectivity index (χ0) is 32.7. The Bertz CT molecular complexity index is 1330. The minimum absolute atomic E-state index is 0.00437. The number of amides is 2. The molecule has 0 aromatic carbocycles. The molecule has 0 saturated carbocycles. The second-order valence-electron chi connectivity index (χ2n) is 13.5. The van der Waals surface area contributed by atoms with E-state index in [1.165, 1.54) is 13.0 Å². The molecule has 2 aliphatic heterocycles. The lowest BCUT2D eigenvalue weighted by atomic mass is 10.1.